The highest BCUT2D eigenvalue weighted by Gasteiger charge is 2.31. The van der Waals surface area contributed by atoms with E-state index in [0.29, 0.717) is 18.5 Å². The SMILES string of the molecule is CC1CCCN(C(C)c2cncc(F)c2)C1CN. The second kappa shape index (κ2) is 5.76. The lowest BCUT2D eigenvalue weighted by Crippen LogP contribution is -2.49. The van der Waals surface area contributed by atoms with Crippen molar-refractivity contribution in [3.63, 3.8) is 0 Å². The Bertz CT molecular complexity index is 396. The van der Waals surface area contributed by atoms with Crippen LogP contribution in [0, 0.1) is 11.7 Å². The molecular formula is C14H22FN3. The summed E-state index contributed by atoms with van der Waals surface area (Å²) in [7, 11) is 0. The maximum absolute atomic E-state index is 13.2. The van der Waals surface area contributed by atoms with Crippen molar-refractivity contribution in [2.24, 2.45) is 11.7 Å². The van der Waals surface area contributed by atoms with Crippen LogP contribution in [0.5, 0.6) is 0 Å². The highest BCUT2D eigenvalue weighted by Crippen LogP contribution is 2.30. The van der Waals surface area contributed by atoms with Gasteiger partial charge in [-0.15, -0.1) is 0 Å². The molecule has 2 rings (SSSR count). The van der Waals surface area contributed by atoms with Crippen LogP contribution in [0.4, 0.5) is 4.39 Å². The fraction of sp³-hybridized carbons (Fsp3) is 0.643. The third kappa shape index (κ3) is 2.70. The lowest BCUT2D eigenvalue weighted by atomic mass is 9.89. The van der Waals surface area contributed by atoms with E-state index in [1.807, 2.05) is 0 Å². The van der Waals surface area contributed by atoms with Gasteiger partial charge in [0.05, 0.1) is 6.20 Å². The molecule has 1 fully saturated rings. The largest absolute Gasteiger partial charge is 0.329 e. The molecule has 2 heterocycles. The molecule has 3 nitrogen and oxygen atoms in total. The Hall–Kier alpha value is -1.00. The summed E-state index contributed by atoms with van der Waals surface area (Å²) >= 11 is 0. The number of aromatic nitrogens is 1. The average molecular weight is 251 g/mol. The number of hydrogen-bond acceptors (Lipinski definition) is 3. The summed E-state index contributed by atoms with van der Waals surface area (Å²) in [6.07, 6.45) is 5.41. The zero-order chi connectivity index (χ0) is 13.1. The Morgan fingerprint density at radius 2 is 2.33 bits per heavy atom. The topological polar surface area (TPSA) is 42.2 Å². The summed E-state index contributed by atoms with van der Waals surface area (Å²) in [5.74, 6) is 0.335. The van der Waals surface area contributed by atoms with Gasteiger partial charge < -0.3 is 5.73 Å². The first kappa shape index (κ1) is 13.4. The van der Waals surface area contributed by atoms with Crippen molar-refractivity contribution in [2.45, 2.75) is 38.8 Å². The van der Waals surface area contributed by atoms with Crippen LogP contribution in [0.15, 0.2) is 18.5 Å². The monoisotopic (exact) mass is 251 g/mol. The van der Waals surface area contributed by atoms with Crippen molar-refractivity contribution in [3.05, 3.63) is 29.8 Å². The molecule has 0 aliphatic carbocycles. The van der Waals surface area contributed by atoms with Crippen LogP contribution in [0.1, 0.15) is 38.3 Å². The van der Waals surface area contributed by atoms with E-state index in [4.69, 9.17) is 5.73 Å². The van der Waals surface area contributed by atoms with Gasteiger partial charge in [0.15, 0.2) is 0 Å². The molecule has 0 amide bonds. The number of pyridine rings is 1. The van der Waals surface area contributed by atoms with Gasteiger partial charge in [-0.3, -0.25) is 9.88 Å². The van der Waals surface area contributed by atoms with E-state index in [2.05, 4.69) is 23.7 Å². The van der Waals surface area contributed by atoms with Gasteiger partial charge in [0.1, 0.15) is 5.82 Å². The molecule has 0 saturated carbocycles. The molecule has 3 unspecified atom stereocenters. The van der Waals surface area contributed by atoms with Crippen LogP contribution in [-0.4, -0.2) is 29.0 Å². The van der Waals surface area contributed by atoms with E-state index < -0.39 is 0 Å². The molecule has 1 aromatic rings. The zero-order valence-electron chi connectivity index (χ0n) is 11.1. The quantitative estimate of drug-likeness (QED) is 0.896. The van der Waals surface area contributed by atoms with E-state index in [9.17, 15) is 4.39 Å². The van der Waals surface area contributed by atoms with Crippen molar-refractivity contribution in [3.8, 4) is 0 Å². The van der Waals surface area contributed by atoms with Gasteiger partial charge in [-0.2, -0.15) is 0 Å². The summed E-state index contributed by atoms with van der Waals surface area (Å²) in [6.45, 7) is 6.05. The van der Waals surface area contributed by atoms with Crippen LogP contribution >= 0.6 is 0 Å². The normalized spacial score (nSPS) is 27.1. The minimum absolute atomic E-state index is 0.171. The number of nitrogens with zero attached hydrogens (tertiary/aromatic N) is 2. The van der Waals surface area contributed by atoms with Gasteiger partial charge in [-0.25, -0.2) is 4.39 Å². The minimum Gasteiger partial charge on any atom is -0.329 e. The molecule has 18 heavy (non-hydrogen) atoms. The minimum atomic E-state index is -0.270. The molecule has 0 spiro atoms. The van der Waals surface area contributed by atoms with Crippen LogP contribution < -0.4 is 5.73 Å². The number of rotatable bonds is 3. The number of nitrogens with two attached hydrogens (primary N) is 1. The number of likely N-dealkylation sites (tertiary alicyclic amines) is 1. The third-order valence-electron chi connectivity index (χ3n) is 4.11. The smallest absolute Gasteiger partial charge is 0.141 e. The highest BCUT2D eigenvalue weighted by molar-refractivity contribution is 5.15. The van der Waals surface area contributed by atoms with Gasteiger partial charge in [0.2, 0.25) is 0 Å². The van der Waals surface area contributed by atoms with E-state index in [1.54, 1.807) is 12.3 Å². The van der Waals surface area contributed by atoms with Crippen LogP contribution in [-0.2, 0) is 0 Å². The first-order chi connectivity index (χ1) is 8.63. The lowest BCUT2D eigenvalue weighted by molar-refractivity contribution is 0.0687. The van der Waals surface area contributed by atoms with Gasteiger partial charge >= 0.3 is 0 Å². The van der Waals surface area contributed by atoms with Gasteiger partial charge in [0, 0.05) is 24.8 Å². The first-order valence-electron chi connectivity index (χ1n) is 6.69. The molecule has 3 atom stereocenters. The molecule has 1 aromatic heterocycles. The Morgan fingerprint density at radius 1 is 1.56 bits per heavy atom. The molecule has 0 aromatic carbocycles. The Balaban J connectivity index is 2.18. The molecule has 0 bridgehead atoms. The van der Waals surface area contributed by atoms with E-state index in [1.165, 1.54) is 19.0 Å². The number of piperidine rings is 1. The standard InChI is InChI=1S/C14H22FN3/c1-10-4-3-5-18(14(10)7-16)11(2)12-6-13(15)9-17-8-12/h6,8-11,14H,3-5,7,16H2,1-2H3. The molecule has 0 radical (unpaired) electrons. The molecule has 100 valence electrons. The fourth-order valence-corrected chi connectivity index (χ4v) is 2.98. The zero-order valence-corrected chi connectivity index (χ0v) is 11.1. The molecule has 1 aliphatic rings. The summed E-state index contributed by atoms with van der Waals surface area (Å²) in [6, 6.07) is 2.13. The van der Waals surface area contributed by atoms with Crippen molar-refractivity contribution in [1.82, 2.24) is 9.88 Å². The lowest BCUT2D eigenvalue weighted by Gasteiger charge is -2.43. The Labute approximate surface area is 108 Å². The summed E-state index contributed by atoms with van der Waals surface area (Å²) in [4.78, 5) is 6.33. The molecule has 1 saturated heterocycles. The molecule has 2 N–H and O–H groups in total. The molecule has 1 aliphatic heterocycles. The van der Waals surface area contributed by atoms with E-state index >= 15 is 0 Å². The van der Waals surface area contributed by atoms with Gasteiger partial charge in [0.25, 0.3) is 0 Å². The molecule has 4 heteroatoms. The highest BCUT2D eigenvalue weighted by atomic mass is 19.1. The van der Waals surface area contributed by atoms with Crippen molar-refractivity contribution in [2.75, 3.05) is 13.1 Å². The maximum Gasteiger partial charge on any atom is 0.141 e. The average Bonchev–Trinajstić information content (AvgIpc) is 2.37. The van der Waals surface area contributed by atoms with Gasteiger partial charge in [-0.05, 0) is 43.9 Å². The maximum atomic E-state index is 13.2. The van der Waals surface area contributed by atoms with Crippen LogP contribution in [0.2, 0.25) is 0 Å². The van der Waals surface area contributed by atoms with Crippen LogP contribution in [0.25, 0.3) is 0 Å². The number of hydrogen-bond donors (Lipinski definition) is 1. The van der Waals surface area contributed by atoms with E-state index in [0.717, 1.165) is 12.1 Å². The number of halogens is 1. The van der Waals surface area contributed by atoms with Gasteiger partial charge in [-0.1, -0.05) is 6.92 Å². The first-order valence-corrected chi connectivity index (χ1v) is 6.69. The Kier molecular flexibility index (Phi) is 4.30. The van der Waals surface area contributed by atoms with Crippen LogP contribution in [0.3, 0.4) is 0 Å². The van der Waals surface area contributed by atoms with Crippen molar-refractivity contribution < 1.29 is 4.39 Å². The van der Waals surface area contributed by atoms with Crippen molar-refractivity contribution in [1.29, 1.82) is 0 Å². The predicted molar refractivity (Wildman–Crippen MR) is 70.6 cm³/mol. The van der Waals surface area contributed by atoms with Crippen molar-refractivity contribution >= 4 is 0 Å². The summed E-state index contributed by atoms with van der Waals surface area (Å²) in [5.41, 5.74) is 6.83. The Morgan fingerprint density at radius 3 is 3.00 bits per heavy atom. The molecular weight excluding hydrogens is 229 g/mol. The second-order valence-corrected chi connectivity index (χ2v) is 5.27. The third-order valence-corrected chi connectivity index (χ3v) is 4.11. The predicted octanol–water partition coefficient (Wildman–Crippen LogP) is 2.34. The second-order valence-electron chi connectivity index (χ2n) is 5.27. The van der Waals surface area contributed by atoms with E-state index in [-0.39, 0.29) is 11.9 Å². The fourth-order valence-electron chi connectivity index (χ4n) is 2.98. The summed E-state index contributed by atoms with van der Waals surface area (Å²) < 4.78 is 13.2. The summed E-state index contributed by atoms with van der Waals surface area (Å²) in [5, 5.41) is 0.